The molecule has 8 nitrogen and oxygen atoms in total. The van der Waals surface area contributed by atoms with Gasteiger partial charge >= 0.3 is 12.4 Å². The molecule has 8 N–H and O–H groups in total. The molecule has 0 saturated heterocycles. The van der Waals surface area contributed by atoms with Crippen molar-refractivity contribution in [1.29, 1.82) is 0 Å². The van der Waals surface area contributed by atoms with E-state index in [0.717, 1.165) is 24.3 Å². The van der Waals surface area contributed by atoms with Crippen LogP contribution in [0, 0.1) is 0 Å². The van der Waals surface area contributed by atoms with Crippen LogP contribution >= 0.6 is 11.6 Å². The van der Waals surface area contributed by atoms with Crippen molar-refractivity contribution in [1.82, 2.24) is 4.98 Å². The summed E-state index contributed by atoms with van der Waals surface area (Å²) in [6, 6.07) is 3.44. The highest BCUT2D eigenvalue weighted by molar-refractivity contribution is 6.32. The largest absolute Gasteiger partial charge is 0.417 e. The highest BCUT2D eigenvalue weighted by Crippen LogP contribution is 2.35. The molecule has 0 bridgehead atoms. The number of nitrogens with one attached hydrogen (secondary N) is 2. The molecule has 0 saturated carbocycles. The van der Waals surface area contributed by atoms with E-state index in [9.17, 15) is 26.3 Å². The minimum absolute atomic E-state index is 0.00383. The first kappa shape index (κ1) is 24.8. The van der Waals surface area contributed by atoms with Crippen LogP contribution < -0.4 is 27.8 Å². The number of guanidine groups is 2. The summed E-state index contributed by atoms with van der Waals surface area (Å²) >= 11 is 5.80. The summed E-state index contributed by atoms with van der Waals surface area (Å²) in [5.74, 6) is -0.895. The molecule has 0 unspecified atom stereocenters. The van der Waals surface area contributed by atoms with Gasteiger partial charge in [0.05, 0.1) is 27.5 Å². The molecular formula is C17H17ClF6N8. The molecule has 0 radical (unpaired) electrons. The van der Waals surface area contributed by atoms with Gasteiger partial charge in [-0.1, -0.05) is 11.6 Å². The average Bonchev–Trinajstić information content (AvgIpc) is 2.64. The lowest BCUT2D eigenvalue weighted by molar-refractivity contribution is -0.138. The predicted molar refractivity (Wildman–Crippen MR) is 110 cm³/mol. The van der Waals surface area contributed by atoms with Crippen LogP contribution in [0.2, 0.25) is 5.02 Å². The third-order valence-corrected chi connectivity index (χ3v) is 3.99. The molecule has 2 aromatic rings. The van der Waals surface area contributed by atoms with Crippen molar-refractivity contribution in [3.63, 3.8) is 0 Å². The first-order valence-corrected chi connectivity index (χ1v) is 9.00. The first-order chi connectivity index (χ1) is 14.8. The third kappa shape index (κ3) is 7.08. The van der Waals surface area contributed by atoms with Gasteiger partial charge in [0.25, 0.3) is 0 Å². The van der Waals surface area contributed by atoms with E-state index in [2.05, 4.69) is 25.6 Å². The van der Waals surface area contributed by atoms with Crippen molar-refractivity contribution in [3.05, 3.63) is 46.6 Å². The summed E-state index contributed by atoms with van der Waals surface area (Å²) in [5, 5.41) is 5.29. The molecule has 0 aliphatic rings. The Morgan fingerprint density at radius 2 is 1.56 bits per heavy atom. The zero-order valence-corrected chi connectivity index (χ0v) is 16.8. The molecule has 2 rings (SSSR count). The number of hydrogen-bond acceptors (Lipinski definition) is 4. The molecule has 1 heterocycles. The molecule has 0 aliphatic heterocycles. The minimum Gasteiger partial charge on any atom is -0.382 e. The van der Waals surface area contributed by atoms with E-state index in [4.69, 9.17) is 28.8 Å². The second-order valence-corrected chi connectivity index (χ2v) is 6.55. The van der Waals surface area contributed by atoms with Crippen LogP contribution in [0.4, 0.5) is 43.5 Å². The molecule has 174 valence electrons. The molecule has 0 aliphatic carbocycles. The maximum Gasteiger partial charge on any atom is 0.417 e. The summed E-state index contributed by atoms with van der Waals surface area (Å²) in [6.45, 7) is 0.209. The molecule has 15 heteroatoms. The highest BCUT2D eigenvalue weighted by atomic mass is 35.5. The normalized spacial score (nSPS) is 12.4. The summed E-state index contributed by atoms with van der Waals surface area (Å²) in [6.07, 6.45) is -8.59. The van der Waals surface area contributed by atoms with Crippen LogP contribution in [0.15, 0.2) is 40.4 Å². The number of alkyl halides is 6. The Balaban J connectivity index is 2.13. The topological polar surface area (TPSA) is 140 Å². The van der Waals surface area contributed by atoms with Crippen LogP contribution in [-0.4, -0.2) is 30.0 Å². The number of halogens is 7. The van der Waals surface area contributed by atoms with Crippen molar-refractivity contribution in [2.24, 2.45) is 27.2 Å². The van der Waals surface area contributed by atoms with E-state index in [1.807, 2.05) is 0 Å². The van der Waals surface area contributed by atoms with E-state index in [1.165, 1.54) is 0 Å². The number of aromatic nitrogens is 1. The molecule has 0 amide bonds. The second kappa shape index (κ2) is 9.80. The maximum atomic E-state index is 13.0. The fourth-order valence-electron chi connectivity index (χ4n) is 2.33. The van der Waals surface area contributed by atoms with Crippen LogP contribution in [0.3, 0.4) is 0 Å². The van der Waals surface area contributed by atoms with E-state index in [0.29, 0.717) is 6.20 Å². The van der Waals surface area contributed by atoms with E-state index in [-0.39, 0.29) is 35.3 Å². The Hall–Kier alpha value is -3.42. The quantitative estimate of drug-likeness (QED) is 0.185. The Bertz CT molecular complexity index is 1020. The van der Waals surface area contributed by atoms with Gasteiger partial charge in [-0.3, -0.25) is 0 Å². The number of hydrogen-bond donors (Lipinski definition) is 5. The van der Waals surface area contributed by atoms with Crippen molar-refractivity contribution in [3.8, 4) is 0 Å². The number of nitrogens with two attached hydrogens (primary N) is 3. The number of aliphatic imine (C=N–C) groups is 2. The van der Waals surface area contributed by atoms with Crippen molar-refractivity contribution in [2.75, 3.05) is 23.7 Å². The van der Waals surface area contributed by atoms with E-state index < -0.39 is 35.4 Å². The minimum atomic E-state index is -4.62. The maximum absolute atomic E-state index is 13.0. The lowest BCUT2D eigenvalue weighted by atomic mass is 10.1. The van der Waals surface area contributed by atoms with Crippen LogP contribution in [-0.2, 0) is 12.4 Å². The number of rotatable bonds is 6. The van der Waals surface area contributed by atoms with Gasteiger partial charge < -0.3 is 27.8 Å². The van der Waals surface area contributed by atoms with Crippen LogP contribution in [0.5, 0.6) is 0 Å². The van der Waals surface area contributed by atoms with Crippen molar-refractivity contribution in [2.45, 2.75) is 12.4 Å². The molecule has 0 fully saturated rings. The lowest BCUT2D eigenvalue weighted by Crippen LogP contribution is -2.26. The molecule has 32 heavy (non-hydrogen) atoms. The van der Waals surface area contributed by atoms with Gasteiger partial charge in [-0.25, -0.2) is 9.98 Å². The van der Waals surface area contributed by atoms with Gasteiger partial charge in [0.2, 0.25) is 5.96 Å². The smallest absolute Gasteiger partial charge is 0.382 e. The molecule has 1 aromatic carbocycles. The fraction of sp³-hybridized carbons (Fsp3) is 0.235. The Labute approximate surface area is 182 Å². The predicted octanol–water partition coefficient (Wildman–Crippen LogP) is 3.52. The van der Waals surface area contributed by atoms with Crippen molar-refractivity contribution >= 4 is 40.7 Å². The highest BCUT2D eigenvalue weighted by Gasteiger charge is 2.32. The third-order valence-electron chi connectivity index (χ3n) is 3.71. The number of pyridine rings is 1. The zero-order chi connectivity index (χ0) is 24.1. The standard InChI is InChI=1S/C17H17ClF6N8/c18-10-5-9(17(22,23)24)7-30-13(10)29-4-3-28-11-2-1-8(16(19,20)21)6-12(11)31-15(27)32-14(25)26/h1-2,5-7,28H,3-4H2,(H,29,30)(H6,25,26,27,31,32). The van der Waals surface area contributed by atoms with Crippen LogP contribution in [0.1, 0.15) is 11.1 Å². The van der Waals surface area contributed by atoms with Crippen molar-refractivity contribution < 1.29 is 26.3 Å². The first-order valence-electron chi connectivity index (χ1n) is 8.63. The summed E-state index contributed by atoms with van der Waals surface area (Å²) in [5.41, 5.74) is 13.8. The van der Waals surface area contributed by atoms with Crippen LogP contribution in [0.25, 0.3) is 0 Å². The molecule has 1 aromatic heterocycles. The molecule has 0 spiro atoms. The average molecular weight is 483 g/mol. The van der Waals surface area contributed by atoms with Gasteiger partial charge in [0.15, 0.2) is 5.96 Å². The SMILES string of the molecule is NC(N)=NC(N)=Nc1cc(C(F)(F)F)ccc1NCCNc1ncc(C(F)(F)F)cc1Cl. The Morgan fingerprint density at radius 1 is 0.938 bits per heavy atom. The molecule has 0 atom stereocenters. The lowest BCUT2D eigenvalue weighted by Gasteiger charge is -2.14. The van der Waals surface area contributed by atoms with Gasteiger partial charge in [0, 0.05) is 19.3 Å². The number of nitrogens with zero attached hydrogens (tertiary/aromatic N) is 3. The zero-order valence-electron chi connectivity index (χ0n) is 16.0. The Morgan fingerprint density at radius 3 is 2.12 bits per heavy atom. The van der Waals surface area contributed by atoms with Gasteiger partial charge in [-0.2, -0.15) is 31.3 Å². The van der Waals surface area contributed by atoms with E-state index >= 15 is 0 Å². The van der Waals surface area contributed by atoms with Gasteiger partial charge in [0.1, 0.15) is 5.82 Å². The van der Waals surface area contributed by atoms with Gasteiger partial charge in [-0.15, -0.1) is 0 Å². The fourth-order valence-corrected chi connectivity index (χ4v) is 2.56. The summed E-state index contributed by atoms with van der Waals surface area (Å²) in [7, 11) is 0. The second-order valence-electron chi connectivity index (χ2n) is 6.14. The number of benzene rings is 1. The molecular weight excluding hydrogens is 466 g/mol. The Kier molecular flexibility index (Phi) is 7.61. The number of anilines is 2. The van der Waals surface area contributed by atoms with E-state index in [1.54, 1.807) is 0 Å². The monoisotopic (exact) mass is 482 g/mol. The summed E-state index contributed by atoms with van der Waals surface area (Å²) < 4.78 is 77.0. The van der Waals surface area contributed by atoms with Gasteiger partial charge in [-0.05, 0) is 24.3 Å². The summed E-state index contributed by atoms with van der Waals surface area (Å²) in [4.78, 5) is 10.9.